The van der Waals surface area contributed by atoms with E-state index in [1.54, 1.807) is 6.07 Å². The molecule has 0 radical (unpaired) electrons. The number of benzene rings is 1. The molecule has 1 heterocycles. The zero-order valence-corrected chi connectivity index (χ0v) is 14.9. The first-order chi connectivity index (χ1) is 11.6. The SMILES string of the molecule is CCCCCCc1ccc(-c2cccc(C(=O)OC(C)C)n2)cc1. The van der Waals surface area contributed by atoms with Crippen LogP contribution in [-0.2, 0) is 11.2 Å². The van der Waals surface area contributed by atoms with E-state index >= 15 is 0 Å². The molecule has 3 heteroatoms. The van der Waals surface area contributed by atoms with Crippen LogP contribution >= 0.6 is 0 Å². The number of aromatic nitrogens is 1. The maximum absolute atomic E-state index is 12.0. The topological polar surface area (TPSA) is 39.2 Å². The van der Waals surface area contributed by atoms with Gasteiger partial charge < -0.3 is 4.74 Å². The van der Waals surface area contributed by atoms with Crippen LogP contribution in [0.2, 0.25) is 0 Å². The largest absolute Gasteiger partial charge is 0.458 e. The van der Waals surface area contributed by atoms with E-state index in [4.69, 9.17) is 4.74 Å². The second-order valence-corrected chi connectivity index (χ2v) is 6.37. The van der Waals surface area contributed by atoms with E-state index in [1.807, 2.05) is 26.0 Å². The Hall–Kier alpha value is -2.16. The van der Waals surface area contributed by atoms with E-state index in [0.29, 0.717) is 5.69 Å². The highest BCUT2D eigenvalue weighted by Gasteiger charge is 2.11. The van der Waals surface area contributed by atoms with Crippen LogP contribution in [-0.4, -0.2) is 17.1 Å². The highest BCUT2D eigenvalue weighted by molar-refractivity contribution is 5.88. The lowest BCUT2D eigenvalue weighted by Gasteiger charge is -2.09. The Labute approximate surface area is 145 Å². The van der Waals surface area contributed by atoms with Gasteiger partial charge in [-0.25, -0.2) is 9.78 Å². The fourth-order valence-corrected chi connectivity index (χ4v) is 2.58. The molecule has 128 valence electrons. The molecule has 3 nitrogen and oxygen atoms in total. The monoisotopic (exact) mass is 325 g/mol. The molecule has 0 amide bonds. The number of ether oxygens (including phenoxy) is 1. The maximum atomic E-state index is 12.0. The van der Waals surface area contributed by atoms with Crippen LogP contribution in [0.1, 0.15) is 62.5 Å². The summed E-state index contributed by atoms with van der Waals surface area (Å²) in [5.41, 5.74) is 3.52. The van der Waals surface area contributed by atoms with Crippen LogP contribution in [0.4, 0.5) is 0 Å². The van der Waals surface area contributed by atoms with Crippen molar-refractivity contribution in [1.29, 1.82) is 0 Å². The van der Waals surface area contributed by atoms with Gasteiger partial charge >= 0.3 is 5.97 Å². The van der Waals surface area contributed by atoms with E-state index in [2.05, 4.69) is 36.2 Å². The molecule has 0 unspecified atom stereocenters. The summed E-state index contributed by atoms with van der Waals surface area (Å²) in [6, 6.07) is 13.9. The lowest BCUT2D eigenvalue weighted by molar-refractivity contribution is 0.0371. The zero-order chi connectivity index (χ0) is 17.4. The fourth-order valence-electron chi connectivity index (χ4n) is 2.58. The number of hydrogen-bond acceptors (Lipinski definition) is 3. The molecular formula is C21H27NO2. The van der Waals surface area contributed by atoms with Gasteiger partial charge in [0, 0.05) is 5.56 Å². The number of carbonyl (C=O) groups excluding carboxylic acids is 1. The van der Waals surface area contributed by atoms with Crippen molar-refractivity contribution < 1.29 is 9.53 Å². The van der Waals surface area contributed by atoms with Gasteiger partial charge in [0.15, 0.2) is 0 Å². The van der Waals surface area contributed by atoms with Crippen molar-refractivity contribution in [2.75, 3.05) is 0 Å². The molecule has 0 saturated carbocycles. The lowest BCUT2D eigenvalue weighted by atomic mass is 10.0. The van der Waals surface area contributed by atoms with Gasteiger partial charge in [-0.15, -0.1) is 0 Å². The molecule has 1 aromatic heterocycles. The van der Waals surface area contributed by atoms with Crippen molar-refractivity contribution in [3.8, 4) is 11.3 Å². The van der Waals surface area contributed by atoms with Gasteiger partial charge in [0.25, 0.3) is 0 Å². The third kappa shape index (κ3) is 5.48. The summed E-state index contributed by atoms with van der Waals surface area (Å²) in [5.74, 6) is -0.376. The Balaban J connectivity index is 2.04. The Morgan fingerprint density at radius 1 is 1.04 bits per heavy atom. The third-order valence-electron chi connectivity index (χ3n) is 3.87. The molecule has 0 aliphatic heterocycles. The lowest BCUT2D eigenvalue weighted by Crippen LogP contribution is -2.13. The molecule has 0 bridgehead atoms. The van der Waals surface area contributed by atoms with Gasteiger partial charge in [0.2, 0.25) is 0 Å². The number of unbranched alkanes of at least 4 members (excludes halogenated alkanes) is 3. The van der Waals surface area contributed by atoms with Crippen LogP contribution in [0.25, 0.3) is 11.3 Å². The van der Waals surface area contributed by atoms with Crippen molar-refractivity contribution in [1.82, 2.24) is 4.98 Å². The van der Waals surface area contributed by atoms with E-state index in [1.165, 1.54) is 31.2 Å². The van der Waals surface area contributed by atoms with Crippen LogP contribution in [0.3, 0.4) is 0 Å². The van der Waals surface area contributed by atoms with E-state index in [9.17, 15) is 4.79 Å². The minimum atomic E-state index is -0.376. The number of nitrogens with zero attached hydrogens (tertiary/aromatic N) is 1. The minimum Gasteiger partial charge on any atom is -0.458 e. The average Bonchev–Trinajstić information content (AvgIpc) is 2.59. The summed E-state index contributed by atoms with van der Waals surface area (Å²) >= 11 is 0. The van der Waals surface area contributed by atoms with Crippen molar-refractivity contribution >= 4 is 5.97 Å². The van der Waals surface area contributed by atoms with E-state index in [0.717, 1.165) is 17.7 Å². The Bertz CT molecular complexity index is 647. The van der Waals surface area contributed by atoms with Gasteiger partial charge in [-0.05, 0) is 44.4 Å². The van der Waals surface area contributed by atoms with Gasteiger partial charge in [-0.1, -0.05) is 56.5 Å². The second kappa shape index (κ2) is 9.21. The number of esters is 1. The number of aryl methyl sites for hydroxylation is 1. The Morgan fingerprint density at radius 2 is 1.79 bits per heavy atom. The molecule has 0 saturated heterocycles. The molecular weight excluding hydrogens is 298 g/mol. The van der Waals surface area contributed by atoms with Gasteiger partial charge in [-0.2, -0.15) is 0 Å². The molecule has 0 fully saturated rings. The highest BCUT2D eigenvalue weighted by Crippen LogP contribution is 2.19. The summed E-state index contributed by atoms with van der Waals surface area (Å²) in [6.07, 6.45) is 6.08. The smallest absolute Gasteiger partial charge is 0.357 e. The number of hydrogen-bond donors (Lipinski definition) is 0. The van der Waals surface area contributed by atoms with E-state index < -0.39 is 0 Å². The zero-order valence-electron chi connectivity index (χ0n) is 14.9. The molecule has 0 spiro atoms. The van der Waals surface area contributed by atoms with Crippen molar-refractivity contribution in [3.63, 3.8) is 0 Å². The van der Waals surface area contributed by atoms with Crippen molar-refractivity contribution in [2.24, 2.45) is 0 Å². The summed E-state index contributed by atoms with van der Waals surface area (Å²) < 4.78 is 5.21. The van der Waals surface area contributed by atoms with Crippen LogP contribution in [0, 0.1) is 0 Å². The number of carbonyl (C=O) groups is 1. The second-order valence-electron chi connectivity index (χ2n) is 6.37. The molecule has 0 atom stereocenters. The molecule has 24 heavy (non-hydrogen) atoms. The average molecular weight is 325 g/mol. The molecule has 0 aliphatic rings. The standard InChI is InChI=1S/C21H27NO2/c1-4-5-6-7-9-17-12-14-18(15-13-17)19-10-8-11-20(22-19)21(23)24-16(2)3/h8,10-16H,4-7,9H2,1-3H3. The van der Waals surface area contributed by atoms with Crippen LogP contribution in [0.5, 0.6) is 0 Å². The fraction of sp³-hybridized carbons (Fsp3) is 0.429. The first kappa shape index (κ1) is 18.2. The maximum Gasteiger partial charge on any atom is 0.357 e. The number of pyridine rings is 1. The third-order valence-corrected chi connectivity index (χ3v) is 3.87. The molecule has 1 aromatic carbocycles. The first-order valence-corrected chi connectivity index (χ1v) is 8.87. The summed E-state index contributed by atoms with van der Waals surface area (Å²) in [7, 11) is 0. The summed E-state index contributed by atoms with van der Waals surface area (Å²) in [5, 5.41) is 0. The van der Waals surface area contributed by atoms with Crippen molar-refractivity contribution in [3.05, 3.63) is 53.7 Å². The van der Waals surface area contributed by atoms with Crippen molar-refractivity contribution in [2.45, 2.75) is 59.0 Å². The summed E-state index contributed by atoms with van der Waals surface area (Å²) in [4.78, 5) is 16.4. The van der Waals surface area contributed by atoms with E-state index in [-0.39, 0.29) is 12.1 Å². The Kier molecular flexibility index (Phi) is 6.98. The van der Waals surface area contributed by atoms with Crippen LogP contribution < -0.4 is 0 Å². The quantitative estimate of drug-likeness (QED) is 0.479. The normalized spacial score (nSPS) is 10.8. The predicted octanol–water partition coefficient (Wildman–Crippen LogP) is 5.44. The van der Waals surface area contributed by atoms with Crippen LogP contribution in [0.15, 0.2) is 42.5 Å². The van der Waals surface area contributed by atoms with Gasteiger partial charge in [-0.3, -0.25) is 0 Å². The first-order valence-electron chi connectivity index (χ1n) is 8.87. The highest BCUT2D eigenvalue weighted by atomic mass is 16.5. The van der Waals surface area contributed by atoms with Gasteiger partial charge in [0.05, 0.1) is 11.8 Å². The summed E-state index contributed by atoms with van der Waals surface area (Å²) in [6.45, 7) is 5.90. The Morgan fingerprint density at radius 3 is 2.46 bits per heavy atom. The number of rotatable bonds is 8. The van der Waals surface area contributed by atoms with Gasteiger partial charge in [0.1, 0.15) is 5.69 Å². The molecule has 0 aliphatic carbocycles. The molecule has 0 N–H and O–H groups in total. The molecule has 2 aromatic rings. The predicted molar refractivity (Wildman–Crippen MR) is 98.1 cm³/mol. The molecule has 2 rings (SSSR count). The minimum absolute atomic E-state index is 0.144.